The highest BCUT2D eigenvalue weighted by molar-refractivity contribution is 5.77. The first-order valence-electron chi connectivity index (χ1n) is 4.72. The van der Waals surface area contributed by atoms with Gasteiger partial charge in [-0.1, -0.05) is 41.5 Å². The van der Waals surface area contributed by atoms with Crippen LogP contribution in [0.4, 0.5) is 0 Å². The summed E-state index contributed by atoms with van der Waals surface area (Å²) in [5.74, 6) is -0.227. The molecule has 2 N–H and O–H groups in total. The summed E-state index contributed by atoms with van der Waals surface area (Å²) in [5, 5.41) is 1.02. The zero-order chi connectivity index (χ0) is 11.8. The van der Waals surface area contributed by atoms with Crippen LogP contribution in [0.2, 0.25) is 0 Å². The quantitative estimate of drug-likeness (QED) is 0.677. The van der Waals surface area contributed by atoms with Gasteiger partial charge in [0.1, 0.15) is 0 Å². The molecule has 1 amide bonds. The molecule has 0 saturated heterocycles. The van der Waals surface area contributed by atoms with Crippen molar-refractivity contribution >= 4 is 5.91 Å². The van der Waals surface area contributed by atoms with Gasteiger partial charge in [-0.25, -0.2) is 0 Å². The van der Waals surface area contributed by atoms with Gasteiger partial charge in [0.25, 0.3) is 5.91 Å². The Morgan fingerprint density at radius 3 is 2.25 bits per heavy atom. The third kappa shape index (κ3) is 3.95. The van der Waals surface area contributed by atoms with Crippen LogP contribution in [-0.4, -0.2) is 25.2 Å². The van der Waals surface area contributed by atoms with Gasteiger partial charge >= 0.3 is 0 Å². The number of benzene rings is 1. The summed E-state index contributed by atoms with van der Waals surface area (Å²) in [5.41, 5.74) is 5.61. The van der Waals surface area contributed by atoms with Gasteiger partial charge < -0.3 is 0 Å². The van der Waals surface area contributed by atoms with Crippen molar-refractivity contribution in [3.8, 4) is 0 Å². The summed E-state index contributed by atoms with van der Waals surface area (Å²) in [6, 6.07) is 9.39. The van der Waals surface area contributed by atoms with E-state index >= 15 is 0 Å². The minimum Gasteiger partial charge on any atom is -0.284 e. The minimum absolute atomic E-state index is 0.227. The number of amides is 1. The molecule has 0 fully saturated rings. The van der Waals surface area contributed by atoms with Gasteiger partial charge in [0.2, 0.25) is 0 Å². The lowest BCUT2D eigenvalue weighted by Crippen LogP contribution is -2.51. The Morgan fingerprint density at radius 2 is 1.75 bits per heavy atom. The Labute approximate surface area is 94.0 Å². The van der Waals surface area contributed by atoms with Crippen LogP contribution >= 0.6 is 0 Å². The molecule has 0 aliphatic rings. The maximum atomic E-state index is 11.7. The van der Waals surface area contributed by atoms with Gasteiger partial charge in [0.05, 0.1) is 20.6 Å². The monoisotopic (exact) mass is 225 g/mol. The molecule has 6 heteroatoms. The Morgan fingerprint density at radius 1 is 1.19 bits per heavy atom. The molecule has 0 bridgehead atoms. The third-order valence-electron chi connectivity index (χ3n) is 1.81. The molecule has 0 spiro atoms. The van der Waals surface area contributed by atoms with E-state index in [1.54, 1.807) is 0 Å². The summed E-state index contributed by atoms with van der Waals surface area (Å²) in [6.45, 7) is 0. The standard InChI is InChI=1S/C10H15N3O3/c1-15-11-13(12-16-2)10(14)8-9-6-4-3-5-7-9/h3-7,11-12H,8H2,1-2H3. The van der Waals surface area contributed by atoms with E-state index in [0.29, 0.717) is 0 Å². The minimum atomic E-state index is -0.227. The number of hydrogen-bond acceptors (Lipinski definition) is 5. The summed E-state index contributed by atoms with van der Waals surface area (Å²) in [4.78, 5) is 21.0. The molecular formula is C10H15N3O3. The molecule has 0 atom stereocenters. The van der Waals surface area contributed by atoms with E-state index in [9.17, 15) is 4.79 Å². The smallest absolute Gasteiger partial charge is 0.259 e. The molecule has 6 nitrogen and oxygen atoms in total. The van der Waals surface area contributed by atoms with Crippen molar-refractivity contribution in [3.63, 3.8) is 0 Å². The van der Waals surface area contributed by atoms with Crippen LogP contribution in [0.25, 0.3) is 0 Å². The van der Waals surface area contributed by atoms with E-state index in [1.165, 1.54) is 14.2 Å². The van der Waals surface area contributed by atoms with Gasteiger partial charge in [0, 0.05) is 0 Å². The zero-order valence-corrected chi connectivity index (χ0v) is 9.27. The fourth-order valence-corrected chi connectivity index (χ4v) is 1.15. The van der Waals surface area contributed by atoms with Crippen molar-refractivity contribution in [1.82, 2.24) is 16.3 Å². The van der Waals surface area contributed by atoms with Crippen LogP contribution in [0.3, 0.4) is 0 Å². The first kappa shape index (κ1) is 12.6. The maximum Gasteiger partial charge on any atom is 0.259 e. The Bertz CT molecular complexity index is 312. The molecule has 0 aliphatic carbocycles. The van der Waals surface area contributed by atoms with E-state index in [0.717, 1.165) is 10.7 Å². The van der Waals surface area contributed by atoms with E-state index in [1.807, 2.05) is 30.3 Å². The second-order valence-corrected chi connectivity index (χ2v) is 2.98. The van der Waals surface area contributed by atoms with Crippen molar-refractivity contribution in [2.24, 2.45) is 0 Å². The average molecular weight is 225 g/mol. The van der Waals surface area contributed by atoms with Crippen LogP contribution in [-0.2, 0) is 20.9 Å². The maximum absolute atomic E-state index is 11.7. The van der Waals surface area contributed by atoms with E-state index in [-0.39, 0.29) is 12.3 Å². The van der Waals surface area contributed by atoms with Crippen molar-refractivity contribution in [1.29, 1.82) is 0 Å². The van der Waals surface area contributed by atoms with Gasteiger partial charge in [-0.15, -0.1) is 0 Å². The van der Waals surface area contributed by atoms with Crippen molar-refractivity contribution < 1.29 is 14.5 Å². The van der Waals surface area contributed by atoms with E-state index < -0.39 is 0 Å². The highest BCUT2D eigenvalue weighted by Crippen LogP contribution is 2.00. The number of hydrogen-bond donors (Lipinski definition) is 2. The molecule has 0 aromatic heterocycles. The second kappa shape index (κ2) is 6.91. The number of nitrogens with one attached hydrogen (secondary N) is 2. The Hall–Kier alpha value is -1.47. The van der Waals surface area contributed by atoms with Crippen molar-refractivity contribution in [2.75, 3.05) is 14.2 Å². The largest absolute Gasteiger partial charge is 0.284 e. The van der Waals surface area contributed by atoms with Gasteiger partial charge in [0.15, 0.2) is 0 Å². The van der Waals surface area contributed by atoms with E-state index in [2.05, 4.69) is 20.9 Å². The number of rotatable bonds is 6. The van der Waals surface area contributed by atoms with Gasteiger partial charge in [-0.05, 0) is 5.56 Å². The molecule has 88 valence electrons. The summed E-state index contributed by atoms with van der Waals surface area (Å²) in [6.07, 6.45) is 0.244. The molecule has 16 heavy (non-hydrogen) atoms. The number of carbonyl (C=O) groups excluding carboxylic acids is 1. The van der Waals surface area contributed by atoms with Gasteiger partial charge in [-0.2, -0.15) is 5.12 Å². The summed E-state index contributed by atoms with van der Waals surface area (Å²) < 4.78 is 0. The fourth-order valence-electron chi connectivity index (χ4n) is 1.15. The SMILES string of the molecule is CONN(NOC)C(=O)Cc1ccccc1. The Kier molecular flexibility index (Phi) is 5.44. The zero-order valence-electron chi connectivity index (χ0n) is 9.27. The molecular weight excluding hydrogens is 210 g/mol. The lowest BCUT2D eigenvalue weighted by Gasteiger charge is -2.20. The highest BCUT2D eigenvalue weighted by atomic mass is 16.7. The number of nitrogens with zero attached hydrogens (tertiary/aromatic N) is 1. The molecule has 0 aliphatic heterocycles. The van der Waals surface area contributed by atoms with Crippen molar-refractivity contribution in [3.05, 3.63) is 35.9 Å². The first-order chi connectivity index (χ1) is 7.77. The third-order valence-corrected chi connectivity index (χ3v) is 1.81. The lowest BCUT2D eigenvalue weighted by atomic mass is 10.1. The van der Waals surface area contributed by atoms with Crippen LogP contribution in [0, 0.1) is 0 Å². The predicted molar refractivity (Wildman–Crippen MR) is 57.3 cm³/mol. The van der Waals surface area contributed by atoms with E-state index in [4.69, 9.17) is 0 Å². The Balaban J connectivity index is 2.55. The van der Waals surface area contributed by atoms with Crippen LogP contribution in [0.1, 0.15) is 5.56 Å². The molecule has 0 heterocycles. The van der Waals surface area contributed by atoms with Crippen LogP contribution in [0.15, 0.2) is 30.3 Å². The average Bonchev–Trinajstić information content (AvgIpc) is 2.30. The molecule has 0 unspecified atom stereocenters. The normalized spacial score (nSPS) is 10.1. The first-order valence-corrected chi connectivity index (χ1v) is 4.72. The topological polar surface area (TPSA) is 62.8 Å². The second-order valence-electron chi connectivity index (χ2n) is 2.98. The fraction of sp³-hybridized carbons (Fsp3) is 0.300. The molecule has 0 saturated carbocycles. The summed E-state index contributed by atoms with van der Waals surface area (Å²) >= 11 is 0. The number of hydrazine groups is 2. The highest BCUT2D eigenvalue weighted by Gasteiger charge is 2.13. The van der Waals surface area contributed by atoms with Crippen molar-refractivity contribution in [2.45, 2.75) is 6.42 Å². The number of carbonyl (C=O) groups is 1. The summed E-state index contributed by atoms with van der Waals surface area (Å²) in [7, 11) is 2.81. The molecule has 1 rings (SSSR count). The predicted octanol–water partition coefficient (Wildman–Crippen LogP) is 0.190. The lowest BCUT2D eigenvalue weighted by molar-refractivity contribution is -0.187. The molecule has 1 aromatic rings. The molecule has 1 aromatic carbocycles. The van der Waals surface area contributed by atoms with Gasteiger partial charge in [-0.3, -0.25) is 14.5 Å². The van der Waals surface area contributed by atoms with Crippen LogP contribution < -0.4 is 11.2 Å². The van der Waals surface area contributed by atoms with Crippen LogP contribution in [0.5, 0.6) is 0 Å². The molecule has 0 radical (unpaired) electrons.